The highest BCUT2D eigenvalue weighted by Gasteiger charge is 2.19. The van der Waals surface area contributed by atoms with Crippen LogP contribution in [0.3, 0.4) is 0 Å². The Morgan fingerprint density at radius 3 is 2.27 bits per heavy atom. The highest BCUT2D eigenvalue weighted by Crippen LogP contribution is 2.23. The van der Waals surface area contributed by atoms with E-state index >= 15 is 0 Å². The van der Waals surface area contributed by atoms with Crippen LogP contribution in [0.4, 0.5) is 11.4 Å². The second-order valence-electron chi connectivity index (χ2n) is 5.56. The summed E-state index contributed by atoms with van der Waals surface area (Å²) in [6, 6.07) is 13.6. The first-order chi connectivity index (χ1) is 12.3. The van der Waals surface area contributed by atoms with Gasteiger partial charge in [-0.3, -0.25) is 9.10 Å². The molecule has 8 heteroatoms. The van der Waals surface area contributed by atoms with Crippen LogP contribution in [0.2, 0.25) is 0 Å². The Hall–Kier alpha value is -2.74. The number of hydrogen-bond donors (Lipinski definition) is 1. The topological polar surface area (TPSA) is 84.9 Å². The third kappa shape index (κ3) is 5.38. The molecule has 2 rings (SSSR count). The molecule has 0 fully saturated rings. The lowest BCUT2D eigenvalue weighted by Crippen LogP contribution is -2.33. The Balaban J connectivity index is 2.05. The average Bonchev–Trinajstić information content (AvgIpc) is 2.61. The van der Waals surface area contributed by atoms with Gasteiger partial charge in [-0.2, -0.15) is 0 Å². The maximum Gasteiger partial charge on any atom is 0.232 e. The van der Waals surface area contributed by atoms with E-state index in [-0.39, 0.29) is 18.9 Å². The molecule has 2 aromatic rings. The van der Waals surface area contributed by atoms with E-state index in [1.165, 1.54) is 11.4 Å². The number of sulfonamides is 1. The first-order valence-electron chi connectivity index (χ1n) is 7.89. The van der Waals surface area contributed by atoms with Crippen LogP contribution in [-0.2, 0) is 14.8 Å². The molecular weight excluding hydrogens is 356 g/mol. The first-order valence-corrected chi connectivity index (χ1v) is 9.74. The fourth-order valence-electron chi connectivity index (χ4n) is 2.35. The quantitative estimate of drug-likeness (QED) is 0.763. The number of benzene rings is 2. The molecule has 1 amide bonds. The molecule has 26 heavy (non-hydrogen) atoms. The van der Waals surface area contributed by atoms with Gasteiger partial charge in [0.25, 0.3) is 0 Å². The van der Waals surface area contributed by atoms with Crippen LogP contribution in [0.1, 0.15) is 6.42 Å². The molecule has 0 unspecified atom stereocenters. The van der Waals surface area contributed by atoms with Crippen molar-refractivity contribution in [2.24, 2.45) is 0 Å². The minimum absolute atomic E-state index is 0.0102. The van der Waals surface area contributed by atoms with Crippen LogP contribution in [0.5, 0.6) is 11.5 Å². The molecule has 0 aliphatic heterocycles. The van der Waals surface area contributed by atoms with Gasteiger partial charge in [0.1, 0.15) is 11.5 Å². The van der Waals surface area contributed by atoms with E-state index in [4.69, 9.17) is 9.47 Å². The van der Waals surface area contributed by atoms with E-state index < -0.39 is 10.0 Å². The number of hydrogen-bond acceptors (Lipinski definition) is 5. The van der Waals surface area contributed by atoms with E-state index in [1.807, 2.05) is 0 Å². The molecule has 1 N–H and O–H groups in total. The number of ether oxygens (including phenoxy) is 2. The third-order valence-corrected chi connectivity index (χ3v) is 4.85. The van der Waals surface area contributed by atoms with Crippen molar-refractivity contribution >= 4 is 27.3 Å². The Labute approximate surface area is 153 Å². The van der Waals surface area contributed by atoms with E-state index in [1.54, 1.807) is 55.6 Å². The number of anilines is 2. The monoisotopic (exact) mass is 378 g/mol. The van der Waals surface area contributed by atoms with E-state index in [0.29, 0.717) is 22.9 Å². The normalized spacial score (nSPS) is 10.9. The summed E-state index contributed by atoms with van der Waals surface area (Å²) >= 11 is 0. The second-order valence-corrected chi connectivity index (χ2v) is 7.47. The number of carbonyl (C=O) groups excluding carboxylic acids is 1. The van der Waals surface area contributed by atoms with Crippen LogP contribution in [0.25, 0.3) is 0 Å². The first kappa shape index (κ1) is 19.6. The van der Waals surface area contributed by atoms with Crippen molar-refractivity contribution in [2.45, 2.75) is 6.42 Å². The number of nitrogens with zero attached hydrogens (tertiary/aromatic N) is 1. The summed E-state index contributed by atoms with van der Waals surface area (Å²) in [5, 5.41) is 2.73. The molecule has 0 radical (unpaired) electrons. The zero-order chi connectivity index (χ0) is 19.2. The zero-order valence-corrected chi connectivity index (χ0v) is 15.7. The lowest BCUT2D eigenvalue weighted by atomic mass is 10.2. The summed E-state index contributed by atoms with van der Waals surface area (Å²) in [6.45, 7) is 0.0218. The highest BCUT2D eigenvalue weighted by atomic mass is 32.2. The molecule has 2 aromatic carbocycles. The highest BCUT2D eigenvalue weighted by molar-refractivity contribution is 7.92. The summed E-state index contributed by atoms with van der Waals surface area (Å²) in [7, 11) is -0.472. The fourth-order valence-corrected chi connectivity index (χ4v) is 3.27. The average molecular weight is 378 g/mol. The Bertz CT molecular complexity index is 850. The van der Waals surface area contributed by atoms with Gasteiger partial charge < -0.3 is 14.8 Å². The van der Waals surface area contributed by atoms with Crippen LogP contribution in [0.15, 0.2) is 48.5 Å². The predicted octanol–water partition coefficient (Wildman–Crippen LogP) is 2.50. The molecule has 0 aromatic heterocycles. The molecule has 0 aliphatic rings. The number of carbonyl (C=O) groups is 1. The number of amides is 1. The van der Waals surface area contributed by atoms with E-state index in [9.17, 15) is 13.2 Å². The van der Waals surface area contributed by atoms with Gasteiger partial charge in [0.2, 0.25) is 15.9 Å². The van der Waals surface area contributed by atoms with Crippen molar-refractivity contribution < 1.29 is 22.7 Å². The summed E-state index contributed by atoms with van der Waals surface area (Å²) < 4.78 is 35.6. The van der Waals surface area contributed by atoms with Gasteiger partial charge in [0.05, 0.1) is 26.2 Å². The molecule has 140 valence electrons. The van der Waals surface area contributed by atoms with Crippen LogP contribution in [0, 0.1) is 0 Å². The smallest absolute Gasteiger partial charge is 0.232 e. The molecule has 7 nitrogen and oxygen atoms in total. The molecule has 0 atom stereocenters. The maximum absolute atomic E-state index is 12.2. The molecule has 0 saturated carbocycles. The summed E-state index contributed by atoms with van der Waals surface area (Å²) in [6.07, 6.45) is 1.12. The predicted molar refractivity (Wildman–Crippen MR) is 101 cm³/mol. The van der Waals surface area contributed by atoms with Crippen molar-refractivity contribution in [3.63, 3.8) is 0 Å². The van der Waals surface area contributed by atoms with E-state index in [2.05, 4.69) is 5.32 Å². The molecule has 0 heterocycles. The lowest BCUT2D eigenvalue weighted by molar-refractivity contribution is -0.116. The lowest BCUT2D eigenvalue weighted by Gasteiger charge is -2.22. The van der Waals surface area contributed by atoms with Gasteiger partial charge in [-0.05, 0) is 36.4 Å². The molecule has 0 bridgehead atoms. The fraction of sp³-hybridized carbons (Fsp3) is 0.278. The SMILES string of the molecule is COc1ccc(NC(=O)CCN(c2cccc(OC)c2)S(C)(=O)=O)cc1. The molecule has 0 saturated heterocycles. The summed E-state index contributed by atoms with van der Waals surface area (Å²) in [4.78, 5) is 12.2. The second kappa shape index (κ2) is 8.57. The zero-order valence-electron chi connectivity index (χ0n) is 14.9. The Morgan fingerprint density at radius 2 is 1.69 bits per heavy atom. The number of methoxy groups -OCH3 is 2. The molecule has 0 aliphatic carbocycles. The largest absolute Gasteiger partial charge is 0.497 e. The summed E-state index contributed by atoms with van der Waals surface area (Å²) in [5.41, 5.74) is 1.06. The van der Waals surface area contributed by atoms with Crippen molar-refractivity contribution in [2.75, 3.05) is 36.6 Å². The minimum atomic E-state index is -3.54. The minimum Gasteiger partial charge on any atom is -0.497 e. The van der Waals surface area contributed by atoms with Crippen LogP contribution >= 0.6 is 0 Å². The van der Waals surface area contributed by atoms with Gasteiger partial charge in [0.15, 0.2) is 0 Å². The Morgan fingerprint density at radius 1 is 1.04 bits per heavy atom. The van der Waals surface area contributed by atoms with Crippen molar-refractivity contribution in [1.82, 2.24) is 0 Å². The van der Waals surface area contributed by atoms with Crippen LogP contribution in [-0.4, -0.2) is 41.3 Å². The summed E-state index contributed by atoms with van der Waals surface area (Å²) in [5.74, 6) is 0.940. The number of nitrogens with one attached hydrogen (secondary N) is 1. The van der Waals surface area contributed by atoms with Gasteiger partial charge in [0, 0.05) is 24.7 Å². The van der Waals surface area contributed by atoms with Crippen molar-refractivity contribution in [3.8, 4) is 11.5 Å². The molecular formula is C18H22N2O5S. The van der Waals surface area contributed by atoms with Gasteiger partial charge >= 0.3 is 0 Å². The van der Waals surface area contributed by atoms with Gasteiger partial charge in [-0.1, -0.05) is 6.07 Å². The van der Waals surface area contributed by atoms with Crippen molar-refractivity contribution in [3.05, 3.63) is 48.5 Å². The van der Waals surface area contributed by atoms with E-state index in [0.717, 1.165) is 6.26 Å². The van der Waals surface area contributed by atoms with Crippen molar-refractivity contribution in [1.29, 1.82) is 0 Å². The third-order valence-electron chi connectivity index (χ3n) is 3.66. The number of rotatable bonds is 8. The molecule has 0 spiro atoms. The van der Waals surface area contributed by atoms with Crippen LogP contribution < -0.4 is 19.1 Å². The van der Waals surface area contributed by atoms with Gasteiger partial charge in [-0.15, -0.1) is 0 Å². The Kier molecular flexibility index (Phi) is 6.46. The maximum atomic E-state index is 12.2. The standard InChI is InChI=1S/C18H22N2O5S/c1-24-16-9-7-14(8-10-16)19-18(21)11-12-20(26(3,22)23)15-5-4-6-17(13-15)25-2/h4-10,13H,11-12H2,1-3H3,(H,19,21). The van der Waals surface area contributed by atoms with Gasteiger partial charge in [-0.25, -0.2) is 8.42 Å².